The molecule has 0 saturated heterocycles. The molecule has 8 heteroatoms. The van der Waals surface area contributed by atoms with Crippen LogP contribution in [0.15, 0.2) is 71.8 Å². The number of fused-ring (bicyclic) bond motifs is 1. The van der Waals surface area contributed by atoms with E-state index in [1.807, 2.05) is 48.5 Å². The highest BCUT2D eigenvalue weighted by molar-refractivity contribution is 5.76. The molecule has 0 aliphatic rings. The third-order valence-electron chi connectivity index (χ3n) is 4.97. The fraction of sp³-hybridized carbons (Fsp3) is 0.174. The summed E-state index contributed by atoms with van der Waals surface area (Å²) >= 11 is 0. The molecule has 0 unspecified atom stereocenters. The molecule has 1 amide bonds. The number of hydrogen-bond donors (Lipinski definition) is 1. The van der Waals surface area contributed by atoms with E-state index in [1.165, 1.54) is 9.08 Å². The second-order valence-corrected chi connectivity index (χ2v) is 6.91. The molecule has 4 aromatic rings. The first-order valence-electron chi connectivity index (χ1n) is 9.71. The topological polar surface area (TPSA) is 86.9 Å². The molecule has 0 fully saturated rings. The summed E-state index contributed by atoms with van der Waals surface area (Å²) in [5.74, 6) is 1.17. The molecule has 0 aliphatic heterocycles. The van der Waals surface area contributed by atoms with Crippen LogP contribution in [0.25, 0.3) is 16.8 Å². The van der Waals surface area contributed by atoms with Crippen molar-refractivity contribution in [1.82, 2.24) is 19.5 Å². The van der Waals surface area contributed by atoms with Crippen molar-refractivity contribution in [2.24, 2.45) is 0 Å². The molecule has 0 radical (unpaired) electrons. The van der Waals surface area contributed by atoms with Crippen molar-refractivity contribution in [3.8, 4) is 22.8 Å². The van der Waals surface area contributed by atoms with Crippen molar-refractivity contribution in [3.05, 3.63) is 82.9 Å². The Morgan fingerprint density at radius 3 is 2.55 bits per heavy atom. The molecule has 0 bridgehead atoms. The number of carbonyl (C=O) groups is 1. The van der Waals surface area contributed by atoms with Gasteiger partial charge in [0.05, 0.1) is 19.9 Å². The van der Waals surface area contributed by atoms with E-state index < -0.39 is 0 Å². The van der Waals surface area contributed by atoms with Crippen LogP contribution in [0.5, 0.6) is 11.5 Å². The Morgan fingerprint density at radius 2 is 1.81 bits per heavy atom. The number of amides is 1. The molecular weight excluding hydrogens is 396 g/mol. The van der Waals surface area contributed by atoms with Gasteiger partial charge in [0.15, 0.2) is 0 Å². The summed E-state index contributed by atoms with van der Waals surface area (Å²) in [6.07, 6.45) is 3.22. The minimum Gasteiger partial charge on any atom is -0.497 e. The van der Waals surface area contributed by atoms with Crippen LogP contribution in [0.1, 0.15) is 5.56 Å². The van der Waals surface area contributed by atoms with E-state index in [-0.39, 0.29) is 18.0 Å². The maximum Gasteiger partial charge on any atom is 0.277 e. The van der Waals surface area contributed by atoms with Crippen LogP contribution in [-0.2, 0) is 17.9 Å². The standard InChI is InChI=1S/C23H22N4O4/c1-30-18-9-7-16(8-10-18)19-13-20-23(29)26(11-12-27(20)25-19)15-22(28)24-14-17-5-3-4-6-21(17)31-2/h3-13H,14-15H2,1-2H3,(H,24,28). The molecule has 1 N–H and O–H groups in total. The fourth-order valence-corrected chi connectivity index (χ4v) is 3.31. The molecular formula is C23H22N4O4. The fourth-order valence-electron chi connectivity index (χ4n) is 3.31. The number of rotatable bonds is 7. The molecule has 0 atom stereocenters. The molecule has 8 nitrogen and oxygen atoms in total. The second kappa shape index (κ2) is 8.74. The van der Waals surface area contributed by atoms with Gasteiger partial charge in [0.2, 0.25) is 5.91 Å². The number of methoxy groups -OCH3 is 2. The summed E-state index contributed by atoms with van der Waals surface area (Å²) < 4.78 is 13.4. The van der Waals surface area contributed by atoms with Gasteiger partial charge in [-0.25, -0.2) is 4.52 Å². The smallest absolute Gasteiger partial charge is 0.277 e. The number of benzene rings is 2. The van der Waals surface area contributed by atoms with Gasteiger partial charge in [-0.2, -0.15) is 5.10 Å². The third kappa shape index (κ3) is 4.28. The Balaban J connectivity index is 1.51. The van der Waals surface area contributed by atoms with Crippen LogP contribution in [0.3, 0.4) is 0 Å². The van der Waals surface area contributed by atoms with Crippen molar-refractivity contribution >= 4 is 11.4 Å². The van der Waals surface area contributed by atoms with E-state index in [0.29, 0.717) is 23.5 Å². The van der Waals surface area contributed by atoms with Crippen molar-refractivity contribution in [2.75, 3.05) is 14.2 Å². The van der Waals surface area contributed by atoms with Crippen molar-refractivity contribution in [1.29, 1.82) is 0 Å². The zero-order chi connectivity index (χ0) is 21.8. The highest BCUT2D eigenvalue weighted by atomic mass is 16.5. The molecule has 0 aliphatic carbocycles. The van der Waals surface area contributed by atoms with Crippen LogP contribution in [0, 0.1) is 0 Å². The van der Waals surface area contributed by atoms with E-state index in [2.05, 4.69) is 10.4 Å². The lowest BCUT2D eigenvalue weighted by Gasteiger charge is -2.10. The highest BCUT2D eigenvalue weighted by Gasteiger charge is 2.12. The third-order valence-corrected chi connectivity index (χ3v) is 4.97. The Bertz CT molecular complexity index is 1270. The summed E-state index contributed by atoms with van der Waals surface area (Å²) in [6, 6.07) is 16.6. The van der Waals surface area contributed by atoms with Crippen molar-refractivity contribution in [2.45, 2.75) is 13.1 Å². The largest absolute Gasteiger partial charge is 0.497 e. The van der Waals surface area contributed by atoms with Crippen LogP contribution < -0.4 is 20.3 Å². The van der Waals surface area contributed by atoms with E-state index >= 15 is 0 Å². The Labute approximate surface area is 178 Å². The van der Waals surface area contributed by atoms with Crippen LogP contribution in [-0.4, -0.2) is 34.3 Å². The summed E-state index contributed by atoms with van der Waals surface area (Å²) in [5, 5.41) is 7.29. The van der Waals surface area contributed by atoms with Crippen LogP contribution >= 0.6 is 0 Å². The molecule has 158 valence electrons. The van der Waals surface area contributed by atoms with Crippen molar-refractivity contribution in [3.63, 3.8) is 0 Å². The predicted octanol–water partition coefficient (Wildman–Crippen LogP) is 2.50. The average molecular weight is 418 g/mol. The van der Waals surface area contributed by atoms with Gasteiger partial charge in [-0.15, -0.1) is 0 Å². The number of para-hydroxylation sites is 1. The quantitative estimate of drug-likeness (QED) is 0.498. The van der Waals surface area contributed by atoms with Gasteiger partial charge >= 0.3 is 0 Å². The minimum absolute atomic E-state index is 0.0898. The van der Waals surface area contributed by atoms with Gasteiger partial charge in [-0.05, 0) is 36.4 Å². The molecule has 2 aromatic carbocycles. The van der Waals surface area contributed by atoms with E-state index in [0.717, 1.165) is 16.9 Å². The number of aromatic nitrogens is 3. The van der Waals surface area contributed by atoms with Gasteiger partial charge in [-0.1, -0.05) is 18.2 Å². The Kier molecular flexibility index (Phi) is 5.70. The second-order valence-electron chi connectivity index (χ2n) is 6.91. The minimum atomic E-state index is -0.290. The lowest BCUT2D eigenvalue weighted by atomic mass is 10.1. The van der Waals surface area contributed by atoms with Gasteiger partial charge < -0.3 is 19.4 Å². The molecule has 0 spiro atoms. The maximum atomic E-state index is 12.9. The molecule has 0 saturated carbocycles. The van der Waals surface area contributed by atoms with Gasteiger partial charge in [0, 0.05) is 30.1 Å². The lowest BCUT2D eigenvalue weighted by molar-refractivity contribution is -0.121. The first-order chi connectivity index (χ1) is 15.1. The monoisotopic (exact) mass is 418 g/mol. The molecule has 2 aromatic heterocycles. The number of nitrogens with zero attached hydrogens (tertiary/aromatic N) is 3. The highest BCUT2D eigenvalue weighted by Crippen LogP contribution is 2.21. The van der Waals surface area contributed by atoms with Crippen molar-refractivity contribution < 1.29 is 14.3 Å². The number of ether oxygens (including phenoxy) is 2. The zero-order valence-electron chi connectivity index (χ0n) is 17.2. The number of carbonyl (C=O) groups excluding carboxylic acids is 1. The van der Waals surface area contributed by atoms with Gasteiger partial charge in [-0.3, -0.25) is 9.59 Å². The van der Waals surface area contributed by atoms with Crippen LogP contribution in [0.2, 0.25) is 0 Å². The number of nitrogens with one attached hydrogen (secondary N) is 1. The Morgan fingerprint density at radius 1 is 1.03 bits per heavy atom. The maximum absolute atomic E-state index is 12.9. The van der Waals surface area contributed by atoms with E-state index in [9.17, 15) is 9.59 Å². The predicted molar refractivity (Wildman–Crippen MR) is 116 cm³/mol. The van der Waals surface area contributed by atoms with Gasteiger partial charge in [0.1, 0.15) is 23.6 Å². The SMILES string of the molecule is COc1ccc(-c2cc3c(=O)n(CC(=O)NCc4ccccc4OC)ccn3n2)cc1. The summed E-state index contributed by atoms with van der Waals surface area (Å²) in [6.45, 7) is 0.224. The summed E-state index contributed by atoms with van der Waals surface area (Å²) in [4.78, 5) is 25.3. The first kappa shape index (κ1) is 20.2. The zero-order valence-corrected chi connectivity index (χ0v) is 17.2. The lowest BCUT2D eigenvalue weighted by Crippen LogP contribution is -2.32. The van der Waals surface area contributed by atoms with Crippen LogP contribution in [0.4, 0.5) is 0 Å². The molecule has 2 heterocycles. The van der Waals surface area contributed by atoms with E-state index in [4.69, 9.17) is 9.47 Å². The molecule has 31 heavy (non-hydrogen) atoms. The normalized spacial score (nSPS) is 10.8. The molecule has 4 rings (SSSR count). The Hall–Kier alpha value is -4.07. The van der Waals surface area contributed by atoms with E-state index in [1.54, 1.807) is 32.7 Å². The summed E-state index contributed by atoms with van der Waals surface area (Å²) in [5.41, 5.74) is 2.50. The first-order valence-corrected chi connectivity index (χ1v) is 9.71. The average Bonchev–Trinajstić information content (AvgIpc) is 3.25. The van der Waals surface area contributed by atoms with Gasteiger partial charge in [0.25, 0.3) is 5.56 Å². The number of hydrogen-bond acceptors (Lipinski definition) is 5. The summed E-state index contributed by atoms with van der Waals surface area (Å²) in [7, 11) is 3.19.